The van der Waals surface area contributed by atoms with E-state index >= 15 is 0 Å². The Morgan fingerprint density at radius 3 is 2.79 bits per heavy atom. The van der Waals surface area contributed by atoms with E-state index in [2.05, 4.69) is 46.0 Å². The van der Waals surface area contributed by atoms with Crippen LogP contribution in [0.2, 0.25) is 0 Å². The minimum atomic E-state index is 0.660. The number of nitrogens with two attached hydrogens (primary N) is 1. The zero-order valence-corrected chi connectivity index (χ0v) is 12.7. The number of hydrogen-bond donors (Lipinski definition) is 1. The van der Waals surface area contributed by atoms with Crippen molar-refractivity contribution in [3.8, 4) is 0 Å². The van der Waals surface area contributed by atoms with Gasteiger partial charge in [-0.3, -0.25) is 0 Å². The zero-order chi connectivity index (χ0) is 13.7. The summed E-state index contributed by atoms with van der Waals surface area (Å²) in [6.07, 6.45) is 2.60. The summed E-state index contributed by atoms with van der Waals surface area (Å²) < 4.78 is 6.52. The normalized spacial score (nSPS) is 10.7. The molecule has 0 spiro atoms. The third kappa shape index (κ3) is 3.61. The second kappa shape index (κ2) is 6.78. The van der Waals surface area contributed by atoms with Crippen LogP contribution in [0.1, 0.15) is 18.2 Å². The molecule has 2 rings (SSSR count). The first kappa shape index (κ1) is 14.2. The van der Waals surface area contributed by atoms with Gasteiger partial charge in [-0.1, -0.05) is 22.0 Å². The number of halogens is 1. The molecule has 0 aliphatic heterocycles. The second-order valence-electron chi connectivity index (χ2n) is 4.41. The molecule has 0 bridgehead atoms. The maximum Gasteiger partial charge on any atom is 0.123 e. The zero-order valence-electron chi connectivity index (χ0n) is 11.1. The molecule has 0 aliphatic rings. The van der Waals surface area contributed by atoms with Crippen LogP contribution in [0.4, 0.5) is 5.69 Å². The summed E-state index contributed by atoms with van der Waals surface area (Å²) in [6.45, 7) is 4.51. The smallest absolute Gasteiger partial charge is 0.123 e. The standard InChI is InChI=1S/C15H19BrN2O/c1-2-18(11-14-4-3-9-19-14)15-10-13(16)6-5-12(15)7-8-17/h3-6,9-10H,2,7-8,11,17H2,1H3. The Balaban J connectivity index is 2.28. The minimum absolute atomic E-state index is 0.660. The third-order valence-electron chi connectivity index (χ3n) is 3.11. The van der Waals surface area contributed by atoms with Crippen LogP contribution >= 0.6 is 15.9 Å². The summed E-state index contributed by atoms with van der Waals surface area (Å²) in [5.74, 6) is 0.973. The molecule has 0 unspecified atom stereocenters. The van der Waals surface area contributed by atoms with E-state index in [4.69, 9.17) is 10.2 Å². The highest BCUT2D eigenvalue weighted by Crippen LogP contribution is 2.27. The molecule has 0 radical (unpaired) electrons. The van der Waals surface area contributed by atoms with E-state index in [1.54, 1.807) is 6.26 Å². The molecule has 0 saturated carbocycles. The number of anilines is 1. The summed E-state index contributed by atoms with van der Waals surface area (Å²) in [4.78, 5) is 2.30. The van der Waals surface area contributed by atoms with Gasteiger partial charge in [0, 0.05) is 16.7 Å². The number of rotatable bonds is 6. The van der Waals surface area contributed by atoms with Crippen LogP contribution < -0.4 is 10.6 Å². The molecule has 1 aromatic carbocycles. The lowest BCUT2D eigenvalue weighted by molar-refractivity contribution is 0.503. The molecule has 0 aliphatic carbocycles. The molecule has 2 N–H and O–H groups in total. The van der Waals surface area contributed by atoms with E-state index in [-0.39, 0.29) is 0 Å². The maximum atomic E-state index is 5.70. The minimum Gasteiger partial charge on any atom is -0.467 e. The molecule has 102 valence electrons. The van der Waals surface area contributed by atoms with Gasteiger partial charge in [0.15, 0.2) is 0 Å². The summed E-state index contributed by atoms with van der Waals surface area (Å²) in [7, 11) is 0. The predicted molar refractivity (Wildman–Crippen MR) is 82.3 cm³/mol. The molecule has 4 heteroatoms. The monoisotopic (exact) mass is 322 g/mol. The van der Waals surface area contributed by atoms with Crippen molar-refractivity contribution in [1.82, 2.24) is 0 Å². The highest BCUT2D eigenvalue weighted by atomic mass is 79.9. The molecule has 0 saturated heterocycles. The van der Waals surface area contributed by atoms with Crippen molar-refractivity contribution < 1.29 is 4.42 Å². The van der Waals surface area contributed by atoms with E-state index in [0.29, 0.717) is 6.54 Å². The highest BCUT2D eigenvalue weighted by Gasteiger charge is 2.12. The first-order valence-corrected chi connectivity index (χ1v) is 7.29. The Kier molecular flexibility index (Phi) is 5.05. The van der Waals surface area contributed by atoms with Gasteiger partial charge < -0.3 is 15.1 Å². The Labute approximate surface area is 122 Å². The van der Waals surface area contributed by atoms with Crippen molar-refractivity contribution in [3.05, 3.63) is 52.4 Å². The fourth-order valence-electron chi connectivity index (χ4n) is 2.16. The van der Waals surface area contributed by atoms with Crippen molar-refractivity contribution in [2.24, 2.45) is 5.73 Å². The quantitative estimate of drug-likeness (QED) is 0.884. The van der Waals surface area contributed by atoms with E-state index in [1.807, 2.05) is 12.1 Å². The van der Waals surface area contributed by atoms with Gasteiger partial charge in [0.25, 0.3) is 0 Å². The average molecular weight is 323 g/mol. The van der Waals surface area contributed by atoms with Crippen LogP contribution in [0.3, 0.4) is 0 Å². The van der Waals surface area contributed by atoms with E-state index in [1.165, 1.54) is 11.3 Å². The van der Waals surface area contributed by atoms with Crippen molar-refractivity contribution in [1.29, 1.82) is 0 Å². The lowest BCUT2D eigenvalue weighted by Gasteiger charge is -2.25. The molecule has 1 heterocycles. The van der Waals surface area contributed by atoms with Gasteiger partial charge in [-0.05, 0) is 49.7 Å². The van der Waals surface area contributed by atoms with Gasteiger partial charge >= 0.3 is 0 Å². The lowest BCUT2D eigenvalue weighted by atomic mass is 10.1. The Hall–Kier alpha value is -1.26. The molecule has 0 atom stereocenters. The van der Waals surface area contributed by atoms with Crippen molar-refractivity contribution >= 4 is 21.6 Å². The molecular formula is C15H19BrN2O. The summed E-state index contributed by atoms with van der Waals surface area (Å²) in [5.41, 5.74) is 8.19. The van der Waals surface area contributed by atoms with Gasteiger partial charge in [-0.25, -0.2) is 0 Å². The Bertz CT molecular complexity index is 511. The van der Waals surface area contributed by atoms with Gasteiger partial charge in [0.05, 0.1) is 12.8 Å². The molecule has 0 amide bonds. The predicted octanol–water partition coefficient (Wildman–Crippen LogP) is 3.57. The molecule has 2 aromatic rings. The Morgan fingerprint density at radius 2 is 2.16 bits per heavy atom. The van der Waals surface area contributed by atoms with Crippen LogP contribution in [-0.2, 0) is 13.0 Å². The summed E-state index contributed by atoms with van der Waals surface area (Å²) in [6, 6.07) is 10.3. The van der Waals surface area contributed by atoms with Crippen molar-refractivity contribution in [2.45, 2.75) is 19.9 Å². The topological polar surface area (TPSA) is 42.4 Å². The molecular weight excluding hydrogens is 304 g/mol. The largest absolute Gasteiger partial charge is 0.467 e. The Morgan fingerprint density at radius 1 is 1.32 bits per heavy atom. The van der Waals surface area contributed by atoms with Crippen molar-refractivity contribution in [3.63, 3.8) is 0 Å². The van der Waals surface area contributed by atoms with Crippen LogP contribution in [0.5, 0.6) is 0 Å². The lowest BCUT2D eigenvalue weighted by Crippen LogP contribution is -2.23. The molecule has 19 heavy (non-hydrogen) atoms. The fraction of sp³-hybridized carbons (Fsp3) is 0.333. The van der Waals surface area contributed by atoms with Crippen LogP contribution in [-0.4, -0.2) is 13.1 Å². The molecule has 0 fully saturated rings. The molecule has 1 aromatic heterocycles. The third-order valence-corrected chi connectivity index (χ3v) is 3.60. The summed E-state index contributed by atoms with van der Waals surface area (Å²) in [5, 5.41) is 0. The van der Waals surface area contributed by atoms with E-state index in [9.17, 15) is 0 Å². The summed E-state index contributed by atoms with van der Waals surface area (Å²) >= 11 is 3.54. The van der Waals surface area contributed by atoms with Crippen LogP contribution in [0.15, 0.2) is 45.5 Å². The number of nitrogens with zero attached hydrogens (tertiary/aromatic N) is 1. The molecule has 3 nitrogen and oxygen atoms in total. The second-order valence-corrected chi connectivity index (χ2v) is 5.32. The van der Waals surface area contributed by atoms with Gasteiger partial charge in [-0.15, -0.1) is 0 Å². The average Bonchev–Trinajstić information content (AvgIpc) is 2.91. The SMILES string of the molecule is CCN(Cc1ccco1)c1cc(Br)ccc1CCN. The van der Waals surface area contributed by atoms with E-state index < -0.39 is 0 Å². The first-order chi connectivity index (χ1) is 9.24. The van der Waals surface area contributed by atoms with Gasteiger partial charge in [0.1, 0.15) is 5.76 Å². The van der Waals surface area contributed by atoms with Crippen LogP contribution in [0, 0.1) is 0 Å². The maximum absolute atomic E-state index is 5.70. The van der Waals surface area contributed by atoms with Gasteiger partial charge in [-0.2, -0.15) is 0 Å². The number of benzene rings is 1. The number of hydrogen-bond acceptors (Lipinski definition) is 3. The van der Waals surface area contributed by atoms with Gasteiger partial charge in [0.2, 0.25) is 0 Å². The van der Waals surface area contributed by atoms with Crippen molar-refractivity contribution in [2.75, 3.05) is 18.0 Å². The fourth-order valence-corrected chi connectivity index (χ4v) is 2.51. The first-order valence-electron chi connectivity index (χ1n) is 6.50. The highest BCUT2D eigenvalue weighted by molar-refractivity contribution is 9.10. The van der Waals surface area contributed by atoms with E-state index in [0.717, 1.165) is 29.7 Å². The van der Waals surface area contributed by atoms with Crippen LogP contribution in [0.25, 0.3) is 0 Å². The number of furan rings is 1.